The van der Waals surface area contributed by atoms with E-state index in [9.17, 15) is 21.6 Å². The van der Waals surface area contributed by atoms with Crippen molar-refractivity contribution in [1.82, 2.24) is 5.16 Å². The fraction of sp³-hybridized carbons (Fsp3) is 0.111. The maximum Gasteiger partial charge on any atom is 0.298 e. The zero-order chi connectivity index (χ0) is 19.8. The minimum atomic E-state index is -3.81. The molecule has 0 aliphatic rings. The summed E-state index contributed by atoms with van der Waals surface area (Å²) in [6, 6.07) is 10.9. The van der Waals surface area contributed by atoms with Crippen LogP contribution in [0.3, 0.4) is 0 Å². The van der Waals surface area contributed by atoms with Gasteiger partial charge in [-0.3, -0.25) is 0 Å². The average molecular weight is 392 g/mol. The second-order valence-electron chi connectivity index (χ2n) is 5.68. The number of nitrogens with zero attached hydrogens (tertiary/aromatic N) is 2. The number of sulfone groups is 1. The number of alkyl halides is 2. The number of nitriles is 1. The maximum absolute atomic E-state index is 14.2. The van der Waals surface area contributed by atoms with Crippen LogP contribution in [0.25, 0.3) is 22.4 Å². The van der Waals surface area contributed by atoms with Gasteiger partial charge in [-0.15, -0.1) is 0 Å². The smallest absolute Gasteiger partial charge is 0.298 e. The van der Waals surface area contributed by atoms with Crippen LogP contribution in [0.2, 0.25) is 0 Å². The van der Waals surface area contributed by atoms with Crippen molar-refractivity contribution in [2.24, 2.45) is 0 Å². The summed E-state index contributed by atoms with van der Waals surface area (Å²) >= 11 is 0. The summed E-state index contributed by atoms with van der Waals surface area (Å²) in [5.74, 6) is -1.83. The summed E-state index contributed by atoms with van der Waals surface area (Å²) in [6.07, 6.45) is -2.17. The Hall–Kier alpha value is -3.12. The first-order valence-corrected chi connectivity index (χ1v) is 9.39. The first-order valence-electron chi connectivity index (χ1n) is 7.50. The van der Waals surface area contributed by atoms with E-state index in [0.717, 1.165) is 18.4 Å². The number of halogens is 3. The molecule has 0 radical (unpaired) electrons. The molecule has 138 valence electrons. The van der Waals surface area contributed by atoms with E-state index in [1.54, 1.807) is 0 Å². The topological polar surface area (TPSA) is 84.0 Å². The van der Waals surface area contributed by atoms with Crippen molar-refractivity contribution in [3.05, 3.63) is 59.6 Å². The molecule has 0 bridgehead atoms. The van der Waals surface area contributed by atoms with E-state index < -0.39 is 32.7 Å². The highest BCUT2D eigenvalue weighted by atomic mass is 32.2. The van der Waals surface area contributed by atoms with Crippen LogP contribution < -0.4 is 0 Å². The number of hydrogen-bond acceptors (Lipinski definition) is 5. The minimum absolute atomic E-state index is 0.00388. The van der Waals surface area contributed by atoms with Gasteiger partial charge in [0.15, 0.2) is 9.84 Å². The zero-order valence-electron chi connectivity index (χ0n) is 13.8. The molecule has 0 spiro atoms. The molecule has 0 fully saturated rings. The maximum atomic E-state index is 14.2. The van der Waals surface area contributed by atoms with Crippen LogP contribution >= 0.6 is 0 Å². The van der Waals surface area contributed by atoms with Gasteiger partial charge in [-0.2, -0.15) is 5.26 Å². The highest BCUT2D eigenvalue weighted by Crippen LogP contribution is 2.39. The van der Waals surface area contributed by atoms with Gasteiger partial charge < -0.3 is 4.52 Å². The van der Waals surface area contributed by atoms with Crippen molar-refractivity contribution in [3.8, 4) is 28.5 Å². The quantitative estimate of drug-likeness (QED) is 0.659. The third-order valence-corrected chi connectivity index (χ3v) is 4.95. The minimum Gasteiger partial charge on any atom is -0.354 e. The Balaban J connectivity index is 2.21. The summed E-state index contributed by atoms with van der Waals surface area (Å²) in [5, 5.41) is 12.5. The van der Waals surface area contributed by atoms with Gasteiger partial charge in [0.25, 0.3) is 6.43 Å². The molecule has 1 heterocycles. The molecule has 0 N–H and O–H groups in total. The molecule has 0 unspecified atom stereocenters. The zero-order valence-corrected chi connectivity index (χ0v) is 14.6. The van der Waals surface area contributed by atoms with Gasteiger partial charge in [0, 0.05) is 11.8 Å². The van der Waals surface area contributed by atoms with Crippen LogP contribution in [-0.2, 0) is 9.84 Å². The Morgan fingerprint density at radius 3 is 2.26 bits per heavy atom. The Bertz CT molecular complexity index is 1150. The van der Waals surface area contributed by atoms with Gasteiger partial charge in [-0.1, -0.05) is 23.4 Å². The summed E-state index contributed by atoms with van der Waals surface area (Å²) in [5.41, 5.74) is 0.624. The van der Waals surface area contributed by atoms with E-state index in [0.29, 0.717) is 11.1 Å². The standard InChI is InChI=1S/C18H11F3N2O3S/c1-27(24,25)14-7-6-12(8-13(14)19)15-16(23-26-17(15)18(20)21)11-4-2-10(9-22)3-5-11/h2-8,18H,1H3. The van der Waals surface area contributed by atoms with Gasteiger partial charge in [0.05, 0.1) is 17.2 Å². The highest BCUT2D eigenvalue weighted by molar-refractivity contribution is 7.90. The third-order valence-electron chi connectivity index (χ3n) is 3.82. The summed E-state index contributed by atoms with van der Waals surface area (Å²) < 4.78 is 68.8. The van der Waals surface area contributed by atoms with Crippen LogP contribution in [-0.4, -0.2) is 19.8 Å². The molecular weight excluding hydrogens is 381 g/mol. The molecule has 0 saturated heterocycles. The number of hydrogen-bond donors (Lipinski definition) is 0. The number of benzene rings is 2. The third kappa shape index (κ3) is 3.57. The number of rotatable bonds is 4. The first-order chi connectivity index (χ1) is 12.7. The summed E-state index contributed by atoms with van der Waals surface area (Å²) in [4.78, 5) is -0.541. The number of aromatic nitrogens is 1. The van der Waals surface area contributed by atoms with Crippen LogP contribution in [0, 0.1) is 17.1 Å². The van der Waals surface area contributed by atoms with E-state index in [2.05, 4.69) is 5.16 Å². The van der Waals surface area contributed by atoms with Gasteiger partial charge in [0.2, 0.25) is 5.76 Å². The Morgan fingerprint density at radius 2 is 1.74 bits per heavy atom. The molecule has 0 amide bonds. The summed E-state index contributed by atoms with van der Waals surface area (Å²) in [7, 11) is -3.81. The van der Waals surface area contributed by atoms with Gasteiger partial charge in [-0.05, 0) is 29.8 Å². The molecule has 1 aromatic heterocycles. The molecular formula is C18H11F3N2O3S. The van der Waals surface area contributed by atoms with Crippen molar-refractivity contribution in [2.45, 2.75) is 11.3 Å². The van der Waals surface area contributed by atoms with Crippen LogP contribution in [0.15, 0.2) is 51.9 Å². The average Bonchev–Trinajstić information content (AvgIpc) is 3.06. The molecule has 0 aliphatic carbocycles. The van der Waals surface area contributed by atoms with E-state index in [1.807, 2.05) is 6.07 Å². The SMILES string of the molecule is CS(=O)(=O)c1ccc(-c2c(-c3ccc(C#N)cc3)noc2C(F)F)cc1F. The second-order valence-corrected chi connectivity index (χ2v) is 7.66. The highest BCUT2D eigenvalue weighted by Gasteiger charge is 2.27. The summed E-state index contributed by atoms with van der Waals surface area (Å²) in [6.45, 7) is 0. The van der Waals surface area contributed by atoms with Gasteiger partial charge >= 0.3 is 0 Å². The van der Waals surface area contributed by atoms with Crippen molar-refractivity contribution in [2.75, 3.05) is 6.26 Å². The van der Waals surface area contributed by atoms with Crippen LogP contribution in [0.1, 0.15) is 17.7 Å². The lowest BCUT2D eigenvalue weighted by Gasteiger charge is -2.07. The molecule has 27 heavy (non-hydrogen) atoms. The molecule has 5 nitrogen and oxygen atoms in total. The van der Waals surface area contributed by atoms with E-state index in [1.165, 1.54) is 30.3 Å². The fourth-order valence-electron chi connectivity index (χ4n) is 2.59. The lowest BCUT2D eigenvalue weighted by atomic mass is 9.98. The normalized spacial score (nSPS) is 11.6. The molecule has 0 aliphatic heterocycles. The predicted molar refractivity (Wildman–Crippen MR) is 90.1 cm³/mol. The van der Waals surface area contributed by atoms with Crippen LogP contribution in [0.4, 0.5) is 13.2 Å². The monoisotopic (exact) mass is 392 g/mol. The largest absolute Gasteiger partial charge is 0.354 e. The molecule has 9 heteroatoms. The second kappa shape index (κ2) is 6.89. The molecule has 3 aromatic rings. The lowest BCUT2D eigenvalue weighted by molar-refractivity contribution is 0.113. The molecule has 0 atom stereocenters. The molecule has 2 aromatic carbocycles. The Morgan fingerprint density at radius 1 is 1.11 bits per heavy atom. The Kier molecular flexibility index (Phi) is 4.76. The van der Waals surface area contributed by atoms with E-state index >= 15 is 0 Å². The van der Waals surface area contributed by atoms with Crippen molar-refractivity contribution in [1.29, 1.82) is 5.26 Å². The van der Waals surface area contributed by atoms with Crippen molar-refractivity contribution >= 4 is 9.84 Å². The van der Waals surface area contributed by atoms with Gasteiger partial charge in [-0.25, -0.2) is 21.6 Å². The van der Waals surface area contributed by atoms with Crippen molar-refractivity contribution in [3.63, 3.8) is 0 Å². The van der Waals surface area contributed by atoms with Crippen molar-refractivity contribution < 1.29 is 26.1 Å². The lowest BCUT2D eigenvalue weighted by Crippen LogP contribution is -2.01. The van der Waals surface area contributed by atoms with Gasteiger partial charge in [0.1, 0.15) is 16.4 Å². The molecule has 0 saturated carbocycles. The predicted octanol–water partition coefficient (Wildman–Crippen LogP) is 4.36. The van der Waals surface area contributed by atoms with E-state index in [-0.39, 0.29) is 16.8 Å². The Labute approximate surface area is 152 Å². The van der Waals surface area contributed by atoms with E-state index in [4.69, 9.17) is 9.78 Å². The fourth-order valence-corrected chi connectivity index (χ4v) is 3.32. The molecule has 3 rings (SSSR count). The van der Waals surface area contributed by atoms with Crippen LogP contribution in [0.5, 0.6) is 0 Å². The first kappa shape index (κ1) is 18.7.